The monoisotopic (exact) mass is 254 g/mol. The molecule has 1 unspecified atom stereocenters. The first-order chi connectivity index (χ1) is 8.31. The highest BCUT2D eigenvalue weighted by atomic mass is 32.2. The van der Waals surface area contributed by atoms with E-state index in [0.717, 1.165) is 35.7 Å². The van der Waals surface area contributed by atoms with E-state index in [2.05, 4.69) is 0 Å². The summed E-state index contributed by atoms with van der Waals surface area (Å²) in [6.07, 6.45) is 3.29. The van der Waals surface area contributed by atoms with E-state index in [1.807, 2.05) is 24.5 Å². The van der Waals surface area contributed by atoms with E-state index >= 15 is 0 Å². The van der Waals surface area contributed by atoms with Gasteiger partial charge < -0.3 is 14.6 Å². The number of thioether (sulfide) groups is 1. The van der Waals surface area contributed by atoms with Gasteiger partial charge >= 0.3 is 0 Å². The smallest absolute Gasteiger partial charge is 0.161 e. The van der Waals surface area contributed by atoms with Crippen LogP contribution in [0.15, 0.2) is 18.2 Å². The van der Waals surface area contributed by atoms with Crippen LogP contribution >= 0.6 is 11.8 Å². The van der Waals surface area contributed by atoms with Crippen molar-refractivity contribution < 1.29 is 14.6 Å². The highest BCUT2D eigenvalue weighted by Crippen LogP contribution is 2.33. The Bertz CT molecular complexity index is 368. The first-order valence-corrected chi connectivity index (χ1v) is 7.27. The number of fused-ring (bicyclic) bond motifs is 1. The third-order valence-electron chi connectivity index (χ3n) is 2.75. The van der Waals surface area contributed by atoms with Gasteiger partial charge in [0.25, 0.3) is 0 Å². The van der Waals surface area contributed by atoms with Gasteiger partial charge in [0.15, 0.2) is 11.5 Å². The molecule has 1 aliphatic heterocycles. The Morgan fingerprint density at radius 3 is 2.82 bits per heavy atom. The average Bonchev–Trinajstić information content (AvgIpc) is 2.60. The van der Waals surface area contributed by atoms with Crippen LogP contribution in [0.2, 0.25) is 0 Å². The van der Waals surface area contributed by atoms with Crippen LogP contribution in [0, 0.1) is 0 Å². The summed E-state index contributed by atoms with van der Waals surface area (Å²) in [6, 6.07) is 5.70. The zero-order valence-electron chi connectivity index (χ0n) is 10.0. The van der Waals surface area contributed by atoms with Gasteiger partial charge in [-0.05, 0) is 36.1 Å². The van der Waals surface area contributed by atoms with E-state index in [9.17, 15) is 5.11 Å². The summed E-state index contributed by atoms with van der Waals surface area (Å²) >= 11 is 1.74. The first-order valence-electron chi connectivity index (χ1n) is 5.88. The number of ether oxygens (including phenoxy) is 2. The van der Waals surface area contributed by atoms with Crippen LogP contribution in [0.4, 0.5) is 0 Å². The van der Waals surface area contributed by atoms with Crippen molar-refractivity contribution in [2.75, 3.05) is 25.2 Å². The second-order valence-electron chi connectivity index (χ2n) is 4.05. The Hall–Kier alpha value is -0.870. The zero-order valence-corrected chi connectivity index (χ0v) is 10.8. The Kier molecular flexibility index (Phi) is 4.57. The normalized spacial score (nSPS) is 16.4. The topological polar surface area (TPSA) is 38.7 Å². The first kappa shape index (κ1) is 12.6. The number of rotatable bonds is 4. The van der Waals surface area contributed by atoms with E-state index in [1.54, 1.807) is 11.8 Å². The van der Waals surface area contributed by atoms with Gasteiger partial charge in [0, 0.05) is 6.42 Å². The number of aliphatic hydroxyl groups is 1. The average molecular weight is 254 g/mol. The van der Waals surface area contributed by atoms with Crippen LogP contribution in [-0.4, -0.2) is 30.3 Å². The molecule has 0 amide bonds. The molecule has 4 heteroatoms. The van der Waals surface area contributed by atoms with Crippen molar-refractivity contribution in [1.29, 1.82) is 0 Å². The van der Waals surface area contributed by atoms with Crippen LogP contribution in [0.25, 0.3) is 0 Å². The second kappa shape index (κ2) is 6.17. The Balaban J connectivity index is 2.11. The van der Waals surface area contributed by atoms with Gasteiger partial charge in [-0.1, -0.05) is 6.07 Å². The molecule has 0 bridgehead atoms. The molecule has 0 radical (unpaired) electrons. The van der Waals surface area contributed by atoms with Crippen molar-refractivity contribution in [3.8, 4) is 11.5 Å². The Labute approximate surface area is 106 Å². The zero-order chi connectivity index (χ0) is 12.1. The van der Waals surface area contributed by atoms with E-state index in [0.29, 0.717) is 13.2 Å². The predicted molar refractivity (Wildman–Crippen MR) is 70.0 cm³/mol. The summed E-state index contributed by atoms with van der Waals surface area (Å²) < 4.78 is 11.2. The summed E-state index contributed by atoms with van der Waals surface area (Å²) in [7, 11) is 0. The summed E-state index contributed by atoms with van der Waals surface area (Å²) in [5.74, 6) is 2.49. The van der Waals surface area contributed by atoms with Gasteiger partial charge in [0.1, 0.15) is 0 Å². The fourth-order valence-electron chi connectivity index (χ4n) is 1.78. The lowest BCUT2D eigenvalue weighted by atomic mass is 10.1. The third kappa shape index (κ3) is 3.30. The molecule has 0 spiro atoms. The van der Waals surface area contributed by atoms with Crippen molar-refractivity contribution in [2.24, 2.45) is 0 Å². The minimum atomic E-state index is -0.417. The van der Waals surface area contributed by atoms with Gasteiger partial charge in [-0.25, -0.2) is 0 Å². The summed E-state index contributed by atoms with van der Waals surface area (Å²) in [4.78, 5) is 0. The van der Waals surface area contributed by atoms with Crippen molar-refractivity contribution in [2.45, 2.75) is 18.9 Å². The number of aliphatic hydroxyl groups excluding tert-OH is 1. The SMILES string of the molecule is CSCCC(O)c1ccc2c(c1)OCCCO2. The molecule has 2 rings (SSSR count). The molecular weight excluding hydrogens is 236 g/mol. The van der Waals surface area contributed by atoms with Gasteiger partial charge in [0.05, 0.1) is 19.3 Å². The molecule has 17 heavy (non-hydrogen) atoms. The van der Waals surface area contributed by atoms with Crippen LogP contribution in [0.3, 0.4) is 0 Å². The van der Waals surface area contributed by atoms with Crippen molar-refractivity contribution >= 4 is 11.8 Å². The molecular formula is C13H18O3S. The highest BCUT2D eigenvalue weighted by Gasteiger charge is 2.14. The lowest BCUT2D eigenvalue weighted by molar-refractivity contribution is 0.174. The molecule has 1 aromatic rings. The second-order valence-corrected chi connectivity index (χ2v) is 5.04. The predicted octanol–water partition coefficient (Wildman–Crippen LogP) is 2.63. The quantitative estimate of drug-likeness (QED) is 0.896. The molecule has 1 heterocycles. The number of hydrogen-bond acceptors (Lipinski definition) is 4. The molecule has 0 aliphatic carbocycles. The third-order valence-corrected chi connectivity index (χ3v) is 3.40. The van der Waals surface area contributed by atoms with Gasteiger partial charge in [-0.15, -0.1) is 0 Å². The van der Waals surface area contributed by atoms with Crippen molar-refractivity contribution in [3.63, 3.8) is 0 Å². The molecule has 94 valence electrons. The molecule has 3 nitrogen and oxygen atoms in total. The molecule has 0 saturated carbocycles. The standard InChI is InChI=1S/C13H18O3S/c1-17-8-5-11(14)10-3-4-12-13(9-10)16-7-2-6-15-12/h3-4,9,11,14H,2,5-8H2,1H3. The summed E-state index contributed by atoms with van der Waals surface area (Å²) in [6.45, 7) is 1.37. The molecule has 1 aliphatic rings. The lowest BCUT2D eigenvalue weighted by Gasteiger charge is -2.13. The summed E-state index contributed by atoms with van der Waals surface area (Å²) in [5, 5.41) is 10.0. The Morgan fingerprint density at radius 1 is 1.29 bits per heavy atom. The van der Waals surface area contributed by atoms with E-state index in [1.165, 1.54) is 0 Å². The molecule has 1 atom stereocenters. The van der Waals surface area contributed by atoms with E-state index in [-0.39, 0.29) is 0 Å². The summed E-state index contributed by atoms with van der Waals surface area (Å²) in [5.41, 5.74) is 0.906. The maximum atomic E-state index is 10.0. The minimum Gasteiger partial charge on any atom is -0.490 e. The molecule has 0 fully saturated rings. The Morgan fingerprint density at radius 2 is 2.06 bits per heavy atom. The van der Waals surface area contributed by atoms with Crippen LogP contribution < -0.4 is 9.47 Å². The van der Waals surface area contributed by atoms with Crippen LogP contribution in [0.5, 0.6) is 11.5 Å². The van der Waals surface area contributed by atoms with Crippen molar-refractivity contribution in [3.05, 3.63) is 23.8 Å². The van der Waals surface area contributed by atoms with Crippen LogP contribution in [0.1, 0.15) is 24.5 Å². The lowest BCUT2D eigenvalue weighted by Crippen LogP contribution is -2.00. The van der Waals surface area contributed by atoms with E-state index in [4.69, 9.17) is 9.47 Å². The van der Waals surface area contributed by atoms with E-state index < -0.39 is 6.10 Å². The van der Waals surface area contributed by atoms with Crippen molar-refractivity contribution in [1.82, 2.24) is 0 Å². The van der Waals surface area contributed by atoms with Gasteiger partial charge in [0.2, 0.25) is 0 Å². The molecule has 1 N–H and O–H groups in total. The van der Waals surface area contributed by atoms with Crippen LogP contribution in [-0.2, 0) is 0 Å². The largest absolute Gasteiger partial charge is 0.490 e. The maximum Gasteiger partial charge on any atom is 0.161 e. The van der Waals surface area contributed by atoms with Gasteiger partial charge in [-0.3, -0.25) is 0 Å². The fraction of sp³-hybridized carbons (Fsp3) is 0.538. The molecule has 1 aromatic carbocycles. The maximum absolute atomic E-state index is 10.0. The molecule has 0 saturated heterocycles. The van der Waals surface area contributed by atoms with Gasteiger partial charge in [-0.2, -0.15) is 11.8 Å². The number of hydrogen-bond donors (Lipinski definition) is 1. The highest BCUT2D eigenvalue weighted by molar-refractivity contribution is 7.98. The molecule has 0 aromatic heterocycles. The fourth-order valence-corrected chi connectivity index (χ4v) is 2.24. The minimum absolute atomic E-state index is 0.417. The number of benzene rings is 1.